The zero-order valence-corrected chi connectivity index (χ0v) is 13.2. The molecule has 5 nitrogen and oxygen atoms in total. The molecular formula is C16H25NO4. The highest BCUT2D eigenvalue weighted by Gasteiger charge is 2.32. The Morgan fingerprint density at radius 1 is 1.29 bits per heavy atom. The van der Waals surface area contributed by atoms with Gasteiger partial charge < -0.3 is 14.9 Å². The van der Waals surface area contributed by atoms with Gasteiger partial charge in [0.25, 0.3) is 0 Å². The number of ether oxygens (including phenoxy) is 1. The van der Waals surface area contributed by atoms with Gasteiger partial charge in [0.05, 0.1) is 19.3 Å². The maximum absolute atomic E-state index is 11.5. The van der Waals surface area contributed by atoms with Gasteiger partial charge in [0.1, 0.15) is 5.75 Å². The number of carboxylic acid groups (broad SMARTS) is 1. The summed E-state index contributed by atoms with van der Waals surface area (Å²) in [7, 11) is 0. The summed E-state index contributed by atoms with van der Waals surface area (Å²) < 4.78 is 5.38. The molecular weight excluding hydrogens is 270 g/mol. The van der Waals surface area contributed by atoms with Crippen LogP contribution in [-0.2, 0) is 6.42 Å². The summed E-state index contributed by atoms with van der Waals surface area (Å²) >= 11 is 0. The topological polar surface area (TPSA) is 70.0 Å². The third kappa shape index (κ3) is 4.93. The molecule has 1 aromatic rings. The molecule has 1 amide bonds. The molecule has 1 atom stereocenters. The second-order valence-electron chi connectivity index (χ2n) is 5.94. The van der Waals surface area contributed by atoms with Crippen LogP contribution >= 0.6 is 0 Å². The van der Waals surface area contributed by atoms with E-state index in [1.54, 1.807) is 0 Å². The molecule has 0 heterocycles. The van der Waals surface area contributed by atoms with Crippen LogP contribution in [0, 0.1) is 0 Å². The standard InChI is InChI=1S/C16H25NO4/c1-5-21-14-8-6-12(7-9-14)10-13(11-18)17(15(19)20)16(2,3)4/h6-9,13,18H,5,10-11H2,1-4H3,(H,19,20)/t13-/m0/s1. The second kappa shape index (κ2) is 7.31. The minimum Gasteiger partial charge on any atom is -0.494 e. The number of aliphatic hydroxyl groups is 1. The molecule has 118 valence electrons. The van der Waals surface area contributed by atoms with Gasteiger partial charge in [0.2, 0.25) is 0 Å². The molecule has 0 aliphatic rings. The van der Waals surface area contributed by atoms with Gasteiger partial charge in [-0.05, 0) is 51.8 Å². The Morgan fingerprint density at radius 3 is 2.24 bits per heavy atom. The predicted octanol–water partition coefficient (Wildman–Crippen LogP) is 2.77. The molecule has 0 saturated carbocycles. The van der Waals surface area contributed by atoms with E-state index in [1.807, 2.05) is 52.0 Å². The number of carbonyl (C=O) groups is 1. The molecule has 0 radical (unpaired) electrons. The molecule has 0 unspecified atom stereocenters. The molecule has 1 rings (SSSR count). The van der Waals surface area contributed by atoms with Gasteiger partial charge in [0.15, 0.2) is 0 Å². The number of hydrogen-bond donors (Lipinski definition) is 2. The SMILES string of the molecule is CCOc1ccc(C[C@@H](CO)N(C(=O)O)C(C)(C)C)cc1. The molecule has 0 aromatic heterocycles. The first-order chi connectivity index (χ1) is 9.79. The summed E-state index contributed by atoms with van der Waals surface area (Å²) in [6.45, 7) is 7.78. The zero-order chi connectivity index (χ0) is 16.0. The summed E-state index contributed by atoms with van der Waals surface area (Å²) in [5.41, 5.74) is 0.401. The fourth-order valence-electron chi connectivity index (χ4n) is 2.39. The molecule has 0 fully saturated rings. The highest BCUT2D eigenvalue weighted by atomic mass is 16.5. The molecule has 2 N–H and O–H groups in total. The van der Waals surface area contributed by atoms with Crippen molar-refractivity contribution in [3.05, 3.63) is 29.8 Å². The number of hydrogen-bond acceptors (Lipinski definition) is 3. The van der Waals surface area contributed by atoms with Gasteiger partial charge in [0, 0.05) is 5.54 Å². The van der Waals surface area contributed by atoms with Gasteiger partial charge in [-0.15, -0.1) is 0 Å². The first kappa shape index (κ1) is 17.3. The summed E-state index contributed by atoms with van der Waals surface area (Å²) in [6, 6.07) is 7.04. The Balaban J connectivity index is 2.87. The lowest BCUT2D eigenvalue weighted by Crippen LogP contribution is -2.53. The summed E-state index contributed by atoms with van der Waals surface area (Å²) in [6.07, 6.45) is -0.556. The Hall–Kier alpha value is -1.75. The fraction of sp³-hybridized carbons (Fsp3) is 0.562. The average Bonchev–Trinajstić information content (AvgIpc) is 2.38. The summed E-state index contributed by atoms with van der Waals surface area (Å²) in [4.78, 5) is 12.8. The predicted molar refractivity (Wildman–Crippen MR) is 81.8 cm³/mol. The first-order valence-corrected chi connectivity index (χ1v) is 7.14. The Kier molecular flexibility index (Phi) is 6.03. The quantitative estimate of drug-likeness (QED) is 0.846. The number of aliphatic hydroxyl groups excluding tert-OH is 1. The van der Waals surface area contributed by atoms with Crippen molar-refractivity contribution in [3.63, 3.8) is 0 Å². The number of benzene rings is 1. The minimum absolute atomic E-state index is 0.212. The maximum Gasteiger partial charge on any atom is 0.408 e. The van der Waals surface area contributed by atoms with Gasteiger partial charge in [-0.1, -0.05) is 12.1 Å². The van der Waals surface area contributed by atoms with E-state index in [-0.39, 0.29) is 6.61 Å². The average molecular weight is 295 g/mol. The number of nitrogens with zero attached hydrogens (tertiary/aromatic N) is 1. The highest BCUT2D eigenvalue weighted by Crippen LogP contribution is 2.21. The van der Waals surface area contributed by atoms with Crippen LogP contribution < -0.4 is 4.74 Å². The van der Waals surface area contributed by atoms with E-state index in [4.69, 9.17) is 4.74 Å². The van der Waals surface area contributed by atoms with Crippen molar-refractivity contribution in [2.75, 3.05) is 13.2 Å². The second-order valence-corrected chi connectivity index (χ2v) is 5.94. The third-order valence-electron chi connectivity index (χ3n) is 3.21. The van der Waals surface area contributed by atoms with Crippen LogP contribution in [0.15, 0.2) is 24.3 Å². The normalized spacial score (nSPS) is 12.8. The van der Waals surface area contributed by atoms with E-state index in [1.165, 1.54) is 4.90 Å². The van der Waals surface area contributed by atoms with Crippen molar-refractivity contribution in [2.45, 2.75) is 45.7 Å². The van der Waals surface area contributed by atoms with E-state index in [2.05, 4.69) is 0 Å². The molecule has 0 spiro atoms. The molecule has 21 heavy (non-hydrogen) atoms. The summed E-state index contributed by atoms with van der Waals surface area (Å²) in [5, 5.41) is 19.0. The maximum atomic E-state index is 11.5. The number of rotatable bonds is 6. The van der Waals surface area contributed by atoms with E-state index in [0.29, 0.717) is 13.0 Å². The lowest BCUT2D eigenvalue weighted by molar-refractivity contribution is 0.0465. The van der Waals surface area contributed by atoms with Gasteiger partial charge >= 0.3 is 6.09 Å². The number of amides is 1. The van der Waals surface area contributed by atoms with E-state index in [0.717, 1.165) is 11.3 Å². The van der Waals surface area contributed by atoms with Crippen molar-refractivity contribution in [3.8, 4) is 5.75 Å². The third-order valence-corrected chi connectivity index (χ3v) is 3.21. The van der Waals surface area contributed by atoms with Crippen molar-refractivity contribution < 1.29 is 19.7 Å². The van der Waals surface area contributed by atoms with Crippen LogP contribution in [-0.4, -0.2) is 46.0 Å². The van der Waals surface area contributed by atoms with E-state index >= 15 is 0 Å². The molecule has 0 aliphatic heterocycles. The van der Waals surface area contributed by atoms with Crippen LogP contribution in [0.1, 0.15) is 33.3 Å². The lowest BCUT2D eigenvalue weighted by atomic mass is 9.99. The molecule has 0 saturated heterocycles. The Labute approximate surface area is 126 Å². The van der Waals surface area contributed by atoms with Gasteiger partial charge in [-0.2, -0.15) is 0 Å². The van der Waals surface area contributed by atoms with Crippen molar-refractivity contribution in [2.24, 2.45) is 0 Å². The van der Waals surface area contributed by atoms with Crippen molar-refractivity contribution in [1.29, 1.82) is 0 Å². The lowest BCUT2D eigenvalue weighted by Gasteiger charge is -2.39. The Bertz CT molecular complexity index is 450. The highest BCUT2D eigenvalue weighted by molar-refractivity contribution is 5.66. The fourth-order valence-corrected chi connectivity index (χ4v) is 2.39. The van der Waals surface area contributed by atoms with Crippen LogP contribution in [0.2, 0.25) is 0 Å². The van der Waals surface area contributed by atoms with Crippen LogP contribution in [0.4, 0.5) is 4.79 Å². The van der Waals surface area contributed by atoms with Crippen LogP contribution in [0.3, 0.4) is 0 Å². The van der Waals surface area contributed by atoms with Gasteiger partial charge in [-0.3, -0.25) is 4.90 Å². The Morgan fingerprint density at radius 2 is 1.86 bits per heavy atom. The van der Waals surface area contributed by atoms with E-state index < -0.39 is 17.7 Å². The first-order valence-electron chi connectivity index (χ1n) is 7.14. The smallest absolute Gasteiger partial charge is 0.408 e. The molecule has 5 heteroatoms. The summed E-state index contributed by atoms with van der Waals surface area (Å²) in [5.74, 6) is 0.785. The van der Waals surface area contributed by atoms with Crippen LogP contribution in [0.25, 0.3) is 0 Å². The van der Waals surface area contributed by atoms with Crippen molar-refractivity contribution >= 4 is 6.09 Å². The molecule has 1 aromatic carbocycles. The minimum atomic E-state index is -1.02. The van der Waals surface area contributed by atoms with Crippen molar-refractivity contribution in [1.82, 2.24) is 4.90 Å². The van der Waals surface area contributed by atoms with Gasteiger partial charge in [-0.25, -0.2) is 4.79 Å². The molecule has 0 bridgehead atoms. The monoisotopic (exact) mass is 295 g/mol. The largest absolute Gasteiger partial charge is 0.494 e. The molecule has 0 aliphatic carbocycles. The van der Waals surface area contributed by atoms with Crippen LogP contribution in [0.5, 0.6) is 5.75 Å². The zero-order valence-electron chi connectivity index (χ0n) is 13.2. The van der Waals surface area contributed by atoms with E-state index in [9.17, 15) is 15.0 Å².